The van der Waals surface area contributed by atoms with E-state index in [2.05, 4.69) is 48.4 Å². The van der Waals surface area contributed by atoms with Crippen LogP contribution in [0.3, 0.4) is 0 Å². The number of hydrogen-bond acceptors (Lipinski definition) is 7. The van der Waals surface area contributed by atoms with Gasteiger partial charge < -0.3 is 34.8 Å². The molecule has 1 atom stereocenters. The van der Waals surface area contributed by atoms with Gasteiger partial charge in [0.2, 0.25) is 0 Å². The van der Waals surface area contributed by atoms with Crippen LogP contribution in [0.5, 0.6) is 11.5 Å². The van der Waals surface area contributed by atoms with Gasteiger partial charge in [0.05, 0.1) is 5.56 Å². The Balaban J connectivity index is 1.14. The molecule has 2 amide bonds. The van der Waals surface area contributed by atoms with Gasteiger partial charge >= 0.3 is 0 Å². The van der Waals surface area contributed by atoms with Crippen LogP contribution in [0.25, 0.3) is 0 Å². The summed E-state index contributed by atoms with van der Waals surface area (Å²) >= 11 is 0. The van der Waals surface area contributed by atoms with Crippen LogP contribution in [0.1, 0.15) is 97.9 Å². The second-order valence-corrected chi connectivity index (χ2v) is 15.6. The average molecular weight is 660 g/mol. The van der Waals surface area contributed by atoms with E-state index in [0.717, 1.165) is 94.3 Å². The van der Waals surface area contributed by atoms with E-state index < -0.39 is 0 Å². The standard InChI is InChI=1S/C39H57N5O4/c1-39(2,3)29-9-6-27(7-10-29)34-24-28(8-13-35(34)48-32-14-17-41-26-32)37(45)44-20-15-31(16-21-44)47-36-25-30(43-22-18-40-19-23-43)11-12-33(36)38(46)42(4)5/h8,11-13,24-25,27,29,31-32,40-41H,6-7,9-10,14-23,26H2,1-5H3/t27?,29?,32-/m0/s1. The number of benzene rings is 2. The van der Waals surface area contributed by atoms with Crippen molar-refractivity contribution in [2.24, 2.45) is 11.3 Å². The van der Waals surface area contributed by atoms with E-state index in [1.165, 1.54) is 18.4 Å². The molecular formula is C39H57N5O4. The Kier molecular flexibility index (Phi) is 10.9. The number of nitrogens with zero attached hydrogens (tertiary/aromatic N) is 3. The maximum Gasteiger partial charge on any atom is 0.257 e. The van der Waals surface area contributed by atoms with Crippen LogP contribution in [0.15, 0.2) is 36.4 Å². The first-order valence-corrected chi connectivity index (χ1v) is 18.4. The molecular weight excluding hydrogens is 602 g/mol. The van der Waals surface area contributed by atoms with E-state index in [4.69, 9.17) is 9.47 Å². The number of hydrogen-bond donors (Lipinski definition) is 2. The maximum absolute atomic E-state index is 14.0. The van der Waals surface area contributed by atoms with Gasteiger partial charge in [-0.25, -0.2) is 0 Å². The lowest BCUT2D eigenvalue weighted by atomic mass is 9.68. The van der Waals surface area contributed by atoms with Crippen molar-refractivity contribution in [1.29, 1.82) is 0 Å². The molecule has 262 valence electrons. The van der Waals surface area contributed by atoms with Crippen LogP contribution in [0, 0.1) is 11.3 Å². The first kappa shape index (κ1) is 34.6. The Bertz CT molecular complexity index is 1410. The molecule has 4 aliphatic rings. The molecule has 0 spiro atoms. The van der Waals surface area contributed by atoms with Gasteiger partial charge in [-0.05, 0) is 91.8 Å². The second-order valence-electron chi connectivity index (χ2n) is 15.6. The summed E-state index contributed by atoms with van der Waals surface area (Å²) in [7, 11) is 3.54. The minimum Gasteiger partial charge on any atom is -0.489 e. The second kappa shape index (κ2) is 15.1. The Hall–Kier alpha value is -3.30. The Morgan fingerprint density at radius 1 is 0.771 bits per heavy atom. The first-order valence-electron chi connectivity index (χ1n) is 18.4. The number of likely N-dealkylation sites (tertiary alicyclic amines) is 1. The summed E-state index contributed by atoms with van der Waals surface area (Å²) < 4.78 is 13.1. The zero-order valence-corrected chi connectivity index (χ0v) is 29.9. The maximum atomic E-state index is 14.0. The molecule has 3 aliphatic heterocycles. The highest BCUT2D eigenvalue weighted by atomic mass is 16.5. The quantitative estimate of drug-likeness (QED) is 0.385. The molecule has 3 saturated heterocycles. The molecule has 0 bridgehead atoms. The van der Waals surface area contributed by atoms with Gasteiger partial charge in [-0.1, -0.05) is 20.8 Å². The normalized spacial score (nSPS) is 24.0. The Morgan fingerprint density at radius 2 is 1.48 bits per heavy atom. The summed E-state index contributed by atoms with van der Waals surface area (Å²) in [5.74, 6) is 2.74. The van der Waals surface area contributed by atoms with Gasteiger partial charge in [0.15, 0.2) is 0 Å². The highest BCUT2D eigenvalue weighted by Gasteiger charge is 2.33. The molecule has 1 saturated carbocycles. The van der Waals surface area contributed by atoms with Crippen molar-refractivity contribution in [3.05, 3.63) is 53.1 Å². The van der Waals surface area contributed by atoms with E-state index in [1.807, 2.05) is 29.2 Å². The summed E-state index contributed by atoms with van der Waals surface area (Å²) in [6.07, 6.45) is 7.27. The predicted molar refractivity (Wildman–Crippen MR) is 192 cm³/mol. The molecule has 9 heteroatoms. The van der Waals surface area contributed by atoms with Crippen LogP contribution in [-0.4, -0.2) is 100 Å². The fourth-order valence-electron chi connectivity index (χ4n) is 7.97. The van der Waals surface area contributed by atoms with E-state index in [0.29, 0.717) is 35.7 Å². The number of carbonyl (C=O) groups excluding carboxylic acids is 2. The van der Waals surface area contributed by atoms with Crippen molar-refractivity contribution < 1.29 is 19.1 Å². The van der Waals surface area contributed by atoms with Gasteiger partial charge in [-0.2, -0.15) is 0 Å². The number of piperidine rings is 1. The van der Waals surface area contributed by atoms with Crippen molar-refractivity contribution >= 4 is 17.5 Å². The van der Waals surface area contributed by atoms with E-state index >= 15 is 0 Å². The number of ether oxygens (including phenoxy) is 2. The molecule has 3 heterocycles. The first-order chi connectivity index (χ1) is 23.1. The zero-order chi connectivity index (χ0) is 33.8. The number of rotatable bonds is 8. The van der Waals surface area contributed by atoms with Gasteiger partial charge in [-0.15, -0.1) is 0 Å². The third-order valence-corrected chi connectivity index (χ3v) is 11.1. The van der Waals surface area contributed by atoms with E-state index in [1.54, 1.807) is 19.0 Å². The molecule has 1 aliphatic carbocycles. The average Bonchev–Trinajstić information content (AvgIpc) is 3.61. The molecule has 2 aromatic rings. The summed E-state index contributed by atoms with van der Waals surface area (Å²) in [4.78, 5) is 32.9. The van der Waals surface area contributed by atoms with Gasteiger partial charge in [0.25, 0.3) is 11.8 Å². The summed E-state index contributed by atoms with van der Waals surface area (Å²) in [6, 6.07) is 12.1. The summed E-state index contributed by atoms with van der Waals surface area (Å²) in [5, 5.41) is 6.82. The zero-order valence-electron chi connectivity index (χ0n) is 29.9. The van der Waals surface area contributed by atoms with Crippen LogP contribution >= 0.6 is 0 Å². The molecule has 0 aromatic heterocycles. The lowest BCUT2D eigenvalue weighted by molar-refractivity contribution is 0.0592. The van der Waals surface area contributed by atoms with Gasteiger partial charge in [-0.3, -0.25) is 9.59 Å². The summed E-state index contributed by atoms with van der Waals surface area (Å²) in [5.41, 5.74) is 3.94. The van der Waals surface area contributed by atoms with Crippen LogP contribution in [-0.2, 0) is 0 Å². The molecule has 4 fully saturated rings. The Labute approximate surface area is 287 Å². The molecule has 6 rings (SSSR count). The smallest absolute Gasteiger partial charge is 0.257 e. The molecule has 48 heavy (non-hydrogen) atoms. The summed E-state index contributed by atoms with van der Waals surface area (Å²) in [6.45, 7) is 13.9. The van der Waals surface area contributed by atoms with Crippen LogP contribution in [0.4, 0.5) is 5.69 Å². The van der Waals surface area contributed by atoms with E-state index in [-0.39, 0.29) is 24.0 Å². The number of piperazine rings is 1. The van der Waals surface area contributed by atoms with Crippen molar-refractivity contribution in [3.8, 4) is 11.5 Å². The number of nitrogens with one attached hydrogen (secondary N) is 2. The third-order valence-electron chi connectivity index (χ3n) is 11.1. The van der Waals surface area contributed by atoms with Crippen molar-refractivity contribution in [2.75, 3.05) is 71.4 Å². The number of carbonyl (C=O) groups is 2. The fraction of sp³-hybridized carbons (Fsp3) is 0.641. The van der Waals surface area contributed by atoms with E-state index in [9.17, 15) is 9.59 Å². The lowest BCUT2D eigenvalue weighted by Gasteiger charge is -2.37. The highest BCUT2D eigenvalue weighted by molar-refractivity contribution is 5.97. The molecule has 2 aromatic carbocycles. The van der Waals surface area contributed by atoms with Crippen LogP contribution < -0.4 is 25.0 Å². The highest BCUT2D eigenvalue weighted by Crippen LogP contribution is 2.45. The van der Waals surface area contributed by atoms with Crippen molar-refractivity contribution in [2.45, 2.75) is 83.8 Å². The predicted octanol–water partition coefficient (Wildman–Crippen LogP) is 5.54. The molecule has 9 nitrogen and oxygen atoms in total. The Morgan fingerprint density at radius 3 is 2.12 bits per heavy atom. The number of anilines is 1. The molecule has 2 N–H and O–H groups in total. The topological polar surface area (TPSA) is 86.4 Å². The van der Waals surface area contributed by atoms with Crippen LogP contribution in [0.2, 0.25) is 0 Å². The minimum atomic E-state index is -0.0659. The molecule has 0 unspecified atom stereocenters. The SMILES string of the molecule is CN(C)C(=O)c1ccc(N2CCNCC2)cc1OC1CCN(C(=O)c2ccc(O[C@H]3CCNC3)c(C3CCC(C(C)(C)C)CC3)c2)CC1. The monoisotopic (exact) mass is 659 g/mol. The lowest BCUT2D eigenvalue weighted by Crippen LogP contribution is -2.43. The largest absolute Gasteiger partial charge is 0.489 e. The van der Waals surface area contributed by atoms with Gasteiger partial charge in [0.1, 0.15) is 23.7 Å². The number of amides is 2. The minimum absolute atomic E-state index is 0.0645. The molecule has 0 radical (unpaired) electrons. The third kappa shape index (κ3) is 8.11. The fourth-order valence-corrected chi connectivity index (χ4v) is 7.97. The van der Waals surface area contributed by atoms with Crippen molar-refractivity contribution in [1.82, 2.24) is 20.4 Å². The van der Waals surface area contributed by atoms with Crippen molar-refractivity contribution in [3.63, 3.8) is 0 Å². The van der Waals surface area contributed by atoms with Gasteiger partial charge in [0, 0.05) is 90.1 Å².